The molecule has 0 radical (unpaired) electrons. The molecule has 0 aliphatic carbocycles. The van der Waals surface area contributed by atoms with Gasteiger partial charge in [0.2, 0.25) is 0 Å². The number of amides is 1. The zero-order chi connectivity index (χ0) is 14.5. The van der Waals surface area contributed by atoms with Crippen molar-refractivity contribution in [3.05, 3.63) is 52.7 Å². The summed E-state index contributed by atoms with van der Waals surface area (Å²) < 4.78 is 0. The lowest BCUT2D eigenvalue weighted by Crippen LogP contribution is -2.15. The van der Waals surface area contributed by atoms with Gasteiger partial charge in [0.15, 0.2) is 0 Å². The topological polar surface area (TPSA) is 54.0 Å². The first kappa shape index (κ1) is 14.3. The van der Waals surface area contributed by atoms with E-state index in [0.29, 0.717) is 16.4 Å². The van der Waals surface area contributed by atoms with Crippen molar-refractivity contribution in [1.82, 2.24) is 4.98 Å². The van der Waals surface area contributed by atoms with Crippen LogP contribution in [0.2, 0.25) is 5.02 Å². The van der Waals surface area contributed by atoms with Crippen molar-refractivity contribution in [2.24, 2.45) is 0 Å². The lowest BCUT2D eigenvalue weighted by Gasteiger charge is -2.11. The van der Waals surface area contributed by atoms with E-state index in [-0.39, 0.29) is 5.91 Å². The van der Waals surface area contributed by atoms with Gasteiger partial charge in [0.1, 0.15) is 5.82 Å². The van der Waals surface area contributed by atoms with Gasteiger partial charge in [-0.15, -0.1) is 0 Å². The molecule has 0 aliphatic rings. The van der Waals surface area contributed by atoms with E-state index in [1.807, 2.05) is 26.0 Å². The average molecular weight is 290 g/mol. The van der Waals surface area contributed by atoms with Crippen LogP contribution < -0.4 is 10.6 Å². The molecule has 0 unspecified atom stereocenters. The summed E-state index contributed by atoms with van der Waals surface area (Å²) in [7, 11) is 0. The summed E-state index contributed by atoms with van der Waals surface area (Å²) in [5.74, 6) is 0.291. The summed E-state index contributed by atoms with van der Waals surface area (Å²) in [6.45, 7) is 4.64. The van der Waals surface area contributed by atoms with E-state index in [9.17, 15) is 4.79 Å². The quantitative estimate of drug-likeness (QED) is 0.902. The fraction of sp³-hybridized carbons (Fsp3) is 0.200. The maximum Gasteiger partial charge on any atom is 0.258 e. The minimum Gasteiger partial charge on any atom is -0.385 e. The molecule has 1 amide bonds. The maximum atomic E-state index is 12.3. The Balaban J connectivity index is 2.26. The number of anilines is 2. The van der Waals surface area contributed by atoms with Crippen molar-refractivity contribution in [2.75, 3.05) is 17.2 Å². The number of nitrogens with one attached hydrogen (secondary N) is 2. The highest BCUT2D eigenvalue weighted by molar-refractivity contribution is 6.31. The van der Waals surface area contributed by atoms with Crippen LogP contribution in [-0.2, 0) is 0 Å². The third-order valence-electron chi connectivity index (χ3n) is 2.75. The summed E-state index contributed by atoms with van der Waals surface area (Å²) in [5.41, 5.74) is 2.29. The number of halogens is 1. The van der Waals surface area contributed by atoms with Gasteiger partial charge in [0.25, 0.3) is 5.91 Å². The molecule has 0 saturated heterocycles. The van der Waals surface area contributed by atoms with Gasteiger partial charge in [-0.25, -0.2) is 4.98 Å². The SMILES string of the molecule is CCNc1ccc(Cl)cc1C(=O)Nc1cc(C)ccn1. The summed E-state index contributed by atoms with van der Waals surface area (Å²) in [5, 5.41) is 6.44. The van der Waals surface area contributed by atoms with Crippen LogP contribution in [0.3, 0.4) is 0 Å². The molecule has 2 N–H and O–H groups in total. The fourth-order valence-corrected chi connectivity index (χ4v) is 2.01. The lowest BCUT2D eigenvalue weighted by molar-refractivity contribution is 0.102. The Labute approximate surface area is 123 Å². The smallest absolute Gasteiger partial charge is 0.258 e. The third kappa shape index (κ3) is 3.48. The fourth-order valence-electron chi connectivity index (χ4n) is 1.84. The first-order chi connectivity index (χ1) is 9.60. The standard InChI is InChI=1S/C15H16ClN3O/c1-3-17-13-5-4-11(16)9-12(13)15(20)19-14-8-10(2)6-7-18-14/h4-9,17H,3H2,1-2H3,(H,18,19,20). The van der Waals surface area contributed by atoms with E-state index < -0.39 is 0 Å². The van der Waals surface area contributed by atoms with Crippen LogP contribution in [0, 0.1) is 6.92 Å². The Bertz CT molecular complexity index is 628. The molecule has 2 rings (SSSR count). The van der Waals surface area contributed by atoms with E-state index >= 15 is 0 Å². The van der Waals surface area contributed by atoms with Crippen molar-refractivity contribution in [3.8, 4) is 0 Å². The number of carbonyl (C=O) groups excluding carboxylic acids is 1. The largest absolute Gasteiger partial charge is 0.385 e. The van der Waals surface area contributed by atoms with Gasteiger partial charge in [-0.1, -0.05) is 11.6 Å². The van der Waals surface area contributed by atoms with E-state index in [0.717, 1.165) is 17.8 Å². The summed E-state index contributed by atoms with van der Waals surface area (Å²) >= 11 is 5.97. The molecule has 0 saturated carbocycles. The van der Waals surface area contributed by atoms with E-state index in [1.165, 1.54) is 0 Å². The Morgan fingerprint density at radius 2 is 2.10 bits per heavy atom. The number of hydrogen-bond acceptors (Lipinski definition) is 3. The molecule has 20 heavy (non-hydrogen) atoms. The van der Waals surface area contributed by atoms with Crippen LogP contribution >= 0.6 is 11.6 Å². The monoisotopic (exact) mass is 289 g/mol. The highest BCUT2D eigenvalue weighted by Crippen LogP contribution is 2.21. The minimum atomic E-state index is -0.235. The predicted octanol–water partition coefficient (Wildman–Crippen LogP) is 3.73. The zero-order valence-corrected chi connectivity index (χ0v) is 12.2. The molecule has 2 aromatic rings. The van der Waals surface area contributed by atoms with Crippen LogP contribution in [-0.4, -0.2) is 17.4 Å². The number of benzene rings is 1. The van der Waals surface area contributed by atoms with Gasteiger partial charge in [0.05, 0.1) is 5.56 Å². The van der Waals surface area contributed by atoms with E-state index in [2.05, 4.69) is 15.6 Å². The van der Waals surface area contributed by atoms with Crippen LogP contribution in [0.15, 0.2) is 36.5 Å². The van der Waals surface area contributed by atoms with Crippen LogP contribution in [0.25, 0.3) is 0 Å². The van der Waals surface area contributed by atoms with Crippen molar-refractivity contribution in [2.45, 2.75) is 13.8 Å². The summed E-state index contributed by atoms with van der Waals surface area (Å²) in [6.07, 6.45) is 1.66. The lowest BCUT2D eigenvalue weighted by atomic mass is 10.1. The van der Waals surface area contributed by atoms with Crippen molar-refractivity contribution < 1.29 is 4.79 Å². The maximum absolute atomic E-state index is 12.3. The third-order valence-corrected chi connectivity index (χ3v) is 2.99. The molecule has 0 bridgehead atoms. The second-order valence-electron chi connectivity index (χ2n) is 4.39. The molecule has 4 nitrogen and oxygen atoms in total. The Hall–Kier alpha value is -2.07. The first-order valence-electron chi connectivity index (χ1n) is 6.37. The number of hydrogen-bond donors (Lipinski definition) is 2. The number of nitrogens with zero attached hydrogens (tertiary/aromatic N) is 1. The normalized spacial score (nSPS) is 10.2. The van der Waals surface area contributed by atoms with Crippen LogP contribution in [0.4, 0.5) is 11.5 Å². The number of carbonyl (C=O) groups is 1. The van der Waals surface area contributed by atoms with Crippen LogP contribution in [0.5, 0.6) is 0 Å². The van der Waals surface area contributed by atoms with Crippen molar-refractivity contribution in [1.29, 1.82) is 0 Å². The van der Waals surface area contributed by atoms with Gasteiger partial charge < -0.3 is 10.6 Å². The van der Waals surface area contributed by atoms with Gasteiger partial charge in [-0.05, 0) is 49.7 Å². The van der Waals surface area contributed by atoms with Gasteiger partial charge >= 0.3 is 0 Å². The molecule has 5 heteroatoms. The summed E-state index contributed by atoms with van der Waals surface area (Å²) in [6, 6.07) is 8.88. The van der Waals surface area contributed by atoms with Gasteiger partial charge in [-0.3, -0.25) is 4.79 Å². The van der Waals surface area contributed by atoms with Crippen LogP contribution in [0.1, 0.15) is 22.8 Å². The van der Waals surface area contributed by atoms with Crippen molar-refractivity contribution in [3.63, 3.8) is 0 Å². The molecule has 1 heterocycles. The number of pyridine rings is 1. The Morgan fingerprint density at radius 3 is 2.80 bits per heavy atom. The zero-order valence-electron chi connectivity index (χ0n) is 11.4. The Kier molecular flexibility index (Phi) is 4.58. The minimum absolute atomic E-state index is 0.235. The number of aromatic nitrogens is 1. The number of rotatable bonds is 4. The second kappa shape index (κ2) is 6.39. The molecule has 0 fully saturated rings. The predicted molar refractivity (Wildman–Crippen MR) is 82.5 cm³/mol. The van der Waals surface area contributed by atoms with Gasteiger partial charge in [0, 0.05) is 23.5 Å². The van der Waals surface area contributed by atoms with Gasteiger partial charge in [-0.2, -0.15) is 0 Å². The molecular weight excluding hydrogens is 274 g/mol. The van der Waals surface area contributed by atoms with E-state index in [1.54, 1.807) is 24.4 Å². The molecular formula is C15H16ClN3O. The molecule has 0 atom stereocenters. The second-order valence-corrected chi connectivity index (χ2v) is 4.83. The molecule has 1 aromatic carbocycles. The Morgan fingerprint density at radius 1 is 1.30 bits per heavy atom. The van der Waals surface area contributed by atoms with Crippen molar-refractivity contribution >= 4 is 29.0 Å². The number of aryl methyl sites for hydroxylation is 1. The molecule has 104 valence electrons. The highest BCUT2D eigenvalue weighted by Gasteiger charge is 2.12. The molecule has 0 spiro atoms. The van der Waals surface area contributed by atoms with E-state index in [4.69, 9.17) is 11.6 Å². The molecule has 0 aliphatic heterocycles. The average Bonchev–Trinajstić information content (AvgIpc) is 2.41. The molecule has 1 aromatic heterocycles. The first-order valence-corrected chi connectivity index (χ1v) is 6.75. The highest BCUT2D eigenvalue weighted by atomic mass is 35.5. The summed E-state index contributed by atoms with van der Waals surface area (Å²) in [4.78, 5) is 16.4.